The zero-order chi connectivity index (χ0) is 13.9. The van der Waals surface area contributed by atoms with Gasteiger partial charge in [0.25, 0.3) is 5.91 Å². The monoisotopic (exact) mass is 310 g/mol. The Morgan fingerprint density at radius 2 is 2.10 bits per heavy atom. The number of ether oxygens (including phenoxy) is 1. The van der Waals surface area contributed by atoms with Crippen molar-refractivity contribution in [2.24, 2.45) is 5.92 Å². The Morgan fingerprint density at radius 1 is 1.33 bits per heavy atom. The first-order chi connectivity index (χ1) is 9.78. The maximum absolute atomic E-state index is 12.5. The molecule has 2 saturated heterocycles. The fraction of sp³-hybridized carbons (Fsp3) is 0.562. The maximum atomic E-state index is 12.5. The molecule has 0 saturated carbocycles. The molecular formula is C16H23ClN2O2. The van der Waals surface area contributed by atoms with Gasteiger partial charge in [-0.25, -0.2) is 0 Å². The van der Waals surface area contributed by atoms with Crippen molar-refractivity contribution in [2.75, 3.05) is 26.2 Å². The average Bonchev–Trinajstić information content (AvgIpc) is 2.95. The number of halogens is 1. The quantitative estimate of drug-likeness (QED) is 0.931. The van der Waals surface area contributed by atoms with Crippen LogP contribution >= 0.6 is 12.4 Å². The highest BCUT2D eigenvalue weighted by Gasteiger charge is 2.34. The normalized spacial score (nSPS) is 24.1. The number of hydrogen-bond donors (Lipinski definition) is 1. The van der Waals surface area contributed by atoms with Crippen LogP contribution in [0.1, 0.15) is 30.1 Å². The second-order valence-electron chi connectivity index (χ2n) is 5.61. The molecule has 1 N–H and O–H groups in total. The molecule has 116 valence electrons. The Hall–Kier alpha value is -1.26. The van der Waals surface area contributed by atoms with E-state index >= 15 is 0 Å². The van der Waals surface area contributed by atoms with Crippen LogP contribution in [0.25, 0.3) is 0 Å². The van der Waals surface area contributed by atoms with Crippen LogP contribution in [-0.2, 0) is 0 Å². The van der Waals surface area contributed by atoms with Crippen molar-refractivity contribution in [3.05, 3.63) is 29.8 Å². The van der Waals surface area contributed by atoms with E-state index in [0.29, 0.717) is 18.6 Å². The summed E-state index contributed by atoms with van der Waals surface area (Å²) in [6.07, 6.45) is 2.27. The molecule has 2 heterocycles. The van der Waals surface area contributed by atoms with Crippen molar-refractivity contribution in [3.63, 3.8) is 0 Å². The molecule has 0 radical (unpaired) electrons. The van der Waals surface area contributed by atoms with Gasteiger partial charge in [0, 0.05) is 24.7 Å². The topological polar surface area (TPSA) is 41.6 Å². The van der Waals surface area contributed by atoms with Gasteiger partial charge in [-0.05, 0) is 56.5 Å². The summed E-state index contributed by atoms with van der Waals surface area (Å²) in [7, 11) is 0. The fourth-order valence-corrected chi connectivity index (χ4v) is 3.27. The SMILES string of the molecule is CCOc1ccc(C(=O)N2CCC3NCCC3C2)cc1.Cl. The molecule has 2 fully saturated rings. The van der Waals surface area contributed by atoms with E-state index in [0.717, 1.165) is 37.4 Å². The Bertz CT molecular complexity index is 478. The molecule has 3 rings (SSSR count). The van der Waals surface area contributed by atoms with Crippen LogP contribution in [0.2, 0.25) is 0 Å². The van der Waals surface area contributed by atoms with Crippen LogP contribution in [0.5, 0.6) is 5.75 Å². The lowest BCUT2D eigenvalue weighted by Crippen LogP contribution is -2.46. The minimum atomic E-state index is 0. The van der Waals surface area contributed by atoms with Gasteiger partial charge in [0.2, 0.25) is 0 Å². The minimum absolute atomic E-state index is 0. The summed E-state index contributed by atoms with van der Waals surface area (Å²) in [6.45, 7) is 5.46. The number of fused-ring (bicyclic) bond motifs is 1. The molecule has 1 aromatic rings. The van der Waals surface area contributed by atoms with E-state index in [1.807, 2.05) is 36.1 Å². The largest absolute Gasteiger partial charge is 0.494 e. The number of likely N-dealkylation sites (tertiary alicyclic amines) is 1. The van der Waals surface area contributed by atoms with Crippen molar-refractivity contribution >= 4 is 18.3 Å². The van der Waals surface area contributed by atoms with Crippen molar-refractivity contribution < 1.29 is 9.53 Å². The van der Waals surface area contributed by atoms with Gasteiger partial charge in [-0.1, -0.05) is 0 Å². The van der Waals surface area contributed by atoms with Gasteiger partial charge in [0.1, 0.15) is 5.75 Å². The first-order valence-corrected chi connectivity index (χ1v) is 7.53. The predicted octanol–water partition coefficient (Wildman–Crippen LogP) is 2.33. The van der Waals surface area contributed by atoms with Gasteiger partial charge in [-0.3, -0.25) is 4.79 Å². The molecule has 2 atom stereocenters. The Balaban J connectivity index is 0.00000161. The smallest absolute Gasteiger partial charge is 0.253 e. The molecule has 2 unspecified atom stereocenters. The first kappa shape index (κ1) is 16.1. The van der Waals surface area contributed by atoms with Crippen molar-refractivity contribution in [1.82, 2.24) is 10.2 Å². The number of piperidine rings is 1. The van der Waals surface area contributed by atoms with E-state index in [1.165, 1.54) is 6.42 Å². The van der Waals surface area contributed by atoms with Crippen LogP contribution in [-0.4, -0.2) is 43.1 Å². The van der Waals surface area contributed by atoms with E-state index in [1.54, 1.807) is 0 Å². The summed E-state index contributed by atoms with van der Waals surface area (Å²) in [6, 6.07) is 8.11. The molecule has 0 bridgehead atoms. The highest BCUT2D eigenvalue weighted by atomic mass is 35.5. The zero-order valence-electron chi connectivity index (χ0n) is 12.4. The third-order valence-electron chi connectivity index (χ3n) is 4.36. The average molecular weight is 311 g/mol. The second-order valence-corrected chi connectivity index (χ2v) is 5.61. The summed E-state index contributed by atoms with van der Waals surface area (Å²) < 4.78 is 5.41. The molecule has 2 aliphatic heterocycles. The van der Waals surface area contributed by atoms with E-state index in [9.17, 15) is 4.79 Å². The lowest BCUT2D eigenvalue weighted by Gasteiger charge is -2.34. The summed E-state index contributed by atoms with van der Waals surface area (Å²) in [4.78, 5) is 14.5. The van der Waals surface area contributed by atoms with Gasteiger partial charge in [-0.2, -0.15) is 0 Å². The predicted molar refractivity (Wildman–Crippen MR) is 85.3 cm³/mol. The summed E-state index contributed by atoms with van der Waals surface area (Å²) in [5.41, 5.74) is 0.762. The number of benzene rings is 1. The summed E-state index contributed by atoms with van der Waals surface area (Å²) in [5, 5.41) is 3.52. The van der Waals surface area contributed by atoms with Crippen molar-refractivity contribution in [1.29, 1.82) is 0 Å². The molecule has 2 aliphatic rings. The lowest BCUT2D eigenvalue weighted by atomic mass is 9.93. The van der Waals surface area contributed by atoms with Gasteiger partial charge in [0.15, 0.2) is 0 Å². The fourth-order valence-electron chi connectivity index (χ4n) is 3.27. The number of carbonyl (C=O) groups is 1. The van der Waals surface area contributed by atoms with E-state index in [-0.39, 0.29) is 18.3 Å². The number of rotatable bonds is 3. The number of nitrogens with zero attached hydrogens (tertiary/aromatic N) is 1. The third kappa shape index (κ3) is 3.50. The standard InChI is InChI=1S/C16H22N2O2.ClH/c1-2-20-14-5-3-12(4-6-14)16(19)18-10-8-15-13(11-18)7-9-17-15;/h3-6,13,15,17H,2,7-11H2,1H3;1H. The molecule has 4 nitrogen and oxygen atoms in total. The molecular weight excluding hydrogens is 288 g/mol. The van der Waals surface area contributed by atoms with Crippen LogP contribution in [0.3, 0.4) is 0 Å². The molecule has 5 heteroatoms. The zero-order valence-corrected chi connectivity index (χ0v) is 13.2. The summed E-state index contributed by atoms with van der Waals surface area (Å²) >= 11 is 0. The Kier molecular flexibility index (Phi) is 5.48. The van der Waals surface area contributed by atoms with Crippen LogP contribution in [0.4, 0.5) is 0 Å². The minimum Gasteiger partial charge on any atom is -0.494 e. The van der Waals surface area contributed by atoms with Gasteiger partial charge in [0.05, 0.1) is 6.61 Å². The number of nitrogens with one attached hydrogen (secondary N) is 1. The molecule has 0 aliphatic carbocycles. The molecule has 1 amide bonds. The first-order valence-electron chi connectivity index (χ1n) is 7.53. The van der Waals surface area contributed by atoms with E-state index < -0.39 is 0 Å². The van der Waals surface area contributed by atoms with Gasteiger partial charge < -0.3 is 15.0 Å². The molecule has 0 aromatic heterocycles. The van der Waals surface area contributed by atoms with Gasteiger partial charge in [-0.15, -0.1) is 12.4 Å². The van der Waals surface area contributed by atoms with Crippen molar-refractivity contribution in [2.45, 2.75) is 25.8 Å². The van der Waals surface area contributed by atoms with Crippen LogP contribution in [0, 0.1) is 5.92 Å². The molecule has 21 heavy (non-hydrogen) atoms. The highest BCUT2D eigenvalue weighted by molar-refractivity contribution is 5.94. The Labute approximate surface area is 132 Å². The van der Waals surface area contributed by atoms with Gasteiger partial charge >= 0.3 is 0 Å². The van der Waals surface area contributed by atoms with E-state index in [2.05, 4.69) is 5.32 Å². The second kappa shape index (κ2) is 7.14. The molecule has 0 spiro atoms. The number of amides is 1. The lowest BCUT2D eigenvalue weighted by molar-refractivity contribution is 0.0662. The maximum Gasteiger partial charge on any atom is 0.253 e. The third-order valence-corrected chi connectivity index (χ3v) is 4.36. The number of carbonyl (C=O) groups excluding carboxylic acids is 1. The Morgan fingerprint density at radius 3 is 2.81 bits per heavy atom. The van der Waals surface area contributed by atoms with E-state index in [4.69, 9.17) is 4.74 Å². The van der Waals surface area contributed by atoms with Crippen LogP contribution in [0.15, 0.2) is 24.3 Å². The van der Waals surface area contributed by atoms with Crippen molar-refractivity contribution in [3.8, 4) is 5.75 Å². The highest BCUT2D eigenvalue weighted by Crippen LogP contribution is 2.25. The summed E-state index contributed by atoms with van der Waals surface area (Å²) in [5.74, 6) is 1.61. The van der Waals surface area contributed by atoms with Crippen LogP contribution < -0.4 is 10.1 Å². The molecule has 1 aromatic carbocycles. The number of hydrogen-bond acceptors (Lipinski definition) is 3.